The lowest BCUT2D eigenvalue weighted by molar-refractivity contribution is -0.139. The summed E-state index contributed by atoms with van der Waals surface area (Å²) in [7, 11) is 0. The lowest BCUT2D eigenvalue weighted by Gasteiger charge is -2.23. The zero-order valence-electron chi connectivity index (χ0n) is 26.4. The Morgan fingerprint density at radius 2 is 1.34 bits per heavy atom. The Morgan fingerprint density at radius 1 is 0.756 bits per heavy atom. The number of hydrogen-bond donors (Lipinski definition) is 2. The lowest BCUT2D eigenvalue weighted by Crippen LogP contribution is -2.31. The molecular formula is C35H62O6. The Bertz CT molecular complexity index is 738. The van der Waals surface area contributed by atoms with Crippen molar-refractivity contribution in [3.05, 3.63) is 11.6 Å². The van der Waals surface area contributed by atoms with Gasteiger partial charge in [0.05, 0.1) is 36.6 Å². The number of cyclic esters (lactones) is 1. The number of unbranched alkanes of at least 4 members (excludes halogenated alkanes) is 13. The van der Waals surface area contributed by atoms with Gasteiger partial charge in [0.25, 0.3) is 0 Å². The Kier molecular flexibility index (Phi) is 16.9. The monoisotopic (exact) mass is 578 g/mol. The first-order valence-electron chi connectivity index (χ1n) is 17.5. The molecule has 3 rings (SSSR count). The van der Waals surface area contributed by atoms with Crippen LogP contribution >= 0.6 is 0 Å². The van der Waals surface area contributed by atoms with Crippen molar-refractivity contribution in [2.24, 2.45) is 0 Å². The van der Waals surface area contributed by atoms with Crippen LogP contribution in [0.5, 0.6) is 0 Å². The molecule has 0 bridgehead atoms. The van der Waals surface area contributed by atoms with Gasteiger partial charge in [0.1, 0.15) is 6.10 Å². The molecular weight excluding hydrogens is 516 g/mol. The molecule has 3 aliphatic rings. The highest BCUT2D eigenvalue weighted by Crippen LogP contribution is 2.34. The van der Waals surface area contributed by atoms with Crippen molar-refractivity contribution in [1.82, 2.24) is 0 Å². The van der Waals surface area contributed by atoms with E-state index in [4.69, 9.17) is 14.2 Å². The van der Waals surface area contributed by atoms with Crippen LogP contribution in [0.15, 0.2) is 11.6 Å². The van der Waals surface area contributed by atoms with Crippen molar-refractivity contribution < 1.29 is 29.2 Å². The number of ether oxygens (including phenoxy) is 3. The van der Waals surface area contributed by atoms with E-state index in [0.29, 0.717) is 18.1 Å². The first-order valence-corrected chi connectivity index (χ1v) is 17.5. The van der Waals surface area contributed by atoms with Crippen LogP contribution in [-0.2, 0) is 19.0 Å². The summed E-state index contributed by atoms with van der Waals surface area (Å²) in [5.41, 5.74) is 0.624. The molecule has 2 saturated heterocycles. The van der Waals surface area contributed by atoms with Gasteiger partial charge in [-0.2, -0.15) is 0 Å². The number of carbonyl (C=O) groups excluding carboxylic acids is 1. The summed E-state index contributed by atoms with van der Waals surface area (Å²) in [6, 6.07) is 0. The molecule has 41 heavy (non-hydrogen) atoms. The standard InChI is InChI=1S/C35H62O6/c1-3-4-5-6-7-8-9-10-14-17-20-31(37)32-23-24-34(41-32)33-22-21-30(40-33)19-16-13-11-12-15-18-29(36)26-28-25-27(2)39-35(28)38/h25,27,29-34,36-37H,3-24,26H2,1-2H3/t27-,29+,30+,31+,32+,33-,34-/m0/s1. The van der Waals surface area contributed by atoms with E-state index in [1.165, 1.54) is 77.0 Å². The number of aliphatic hydroxyl groups excluding tert-OH is 2. The maximum atomic E-state index is 11.7. The van der Waals surface area contributed by atoms with E-state index in [1.54, 1.807) is 0 Å². The van der Waals surface area contributed by atoms with Gasteiger partial charge in [-0.3, -0.25) is 0 Å². The normalized spacial score (nSPS) is 27.8. The third kappa shape index (κ3) is 13.5. The largest absolute Gasteiger partial charge is 0.455 e. The van der Waals surface area contributed by atoms with Crippen molar-refractivity contribution in [2.75, 3.05) is 0 Å². The molecule has 0 saturated carbocycles. The van der Waals surface area contributed by atoms with E-state index in [0.717, 1.165) is 64.2 Å². The van der Waals surface area contributed by atoms with Gasteiger partial charge < -0.3 is 24.4 Å². The topological polar surface area (TPSA) is 85.2 Å². The first-order chi connectivity index (χ1) is 20.0. The SMILES string of the molecule is CCCCCCCCCCCC[C@@H](O)[C@H]1CC[C@@H]([C@@H]2CC[C@@H](CCCCCCC[C@@H](O)CC3=C[C@H](C)OC3=O)O2)O1. The molecule has 0 aliphatic carbocycles. The van der Waals surface area contributed by atoms with Crippen molar-refractivity contribution in [1.29, 1.82) is 0 Å². The molecule has 6 heteroatoms. The average Bonchev–Trinajstić information content (AvgIpc) is 3.69. The summed E-state index contributed by atoms with van der Waals surface area (Å²) in [6.45, 7) is 4.12. The quantitative estimate of drug-likeness (QED) is 0.0941. The highest BCUT2D eigenvalue weighted by molar-refractivity contribution is 5.90. The molecule has 0 aromatic rings. The summed E-state index contributed by atoms with van der Waals surface area (Å²) in [5.74, 6) is -0.274. The maximum absolute atomic E-state index is 11.7. The number of carbonyl (C=O) groups is 1. The minimum Gasteiger partial charge on any atom is -0.455 e. The summed E-state index contributed by atoms with van der Waals surface area (Å²) < 4.78 is 17.8. The van der Waals surface area contributed by atoms with E-state index in [9.17, 15) is 15.0 Å². The van der Waals surface area contributed by atoms with Gasteiger partial charge in [-0.25, -0.2) is 4.79 Å². The van der Waals surface area contributed by atoms with E-state index in [2.05, 4.69) is 6.92 Å². The minimum atomic E-state index is -0.457. The number of aliphatic hydroxyl groups is 2. The second-order valence-corrected chi connectivity index (χ2v) is 13.2. The first kappa shape index (κ1) is 34.5. The van der Waals surface area contributed by atoms with Crippen molar-refractivity contribution in [3.8, 4) is 0 Å². The van der Waals surface area contributed by atoms with Crippen molar-refractivity contribution in [2.45, 2.75) is 204 Å². The molecule has 0 aromatic heterocycles. The molecule has 3 heterocycles. The number of rotatable bonds is 23. The lowest BCUT2D eigenvalue weighted by atomic mass is 10.0. The number of hydrogen-bond acceptors (Lipinski definition) is 6. The Balaban J connectivity index is 1.14. The van der Waals surface area contributed by atoms with Gasteiger partial charge >= 0.3 is 5.97 Å². The molecule has 2 N–H and O–H groups in total. The summed E-state index contributed by atoms with van der Waals surface area (Å²) in [6.07, 6.45) is 27.8. The van der Waals surface area contributed by atoms with Crippen LogP contribution in [0.2, 0.25) is 0 Å². The molecule has 0 aromatic carbocycles. The highest BCUT2D eigenvalue weighted by atomic mass is 16.6. The molecule has 0 unspecified atom stereocenters. The van der Waals surface area contributed by atoms with Gasteiger partial charge in [-0.15, -0.1) is 0 Å². The minimum absolute atomic E-state index is 0.00740. The van der Waals surface area contributed by atoms with Crippen LogP contribution in [0.3, 0.4) is 0 Å². The molecule has 6 nitrogen and oxygen atoms in total. The zero-order chi connectivity index (χ0) is 29.3. The predicted octanol–water partition coefficient (Wildman–Crippen LogP) is 8.11. The van der Waals surface area contributed by atoms with E-state index < -0.39 is 6.10 Å². The Labute approximate surface area is 251 Å². The fourth-order valence-electron chi connectivity index (χ4n) is 6.91. The molecule has 0 radical (unpaired) electrons. The smallest absolute Gasteiger partial charge is 0.334 e. The molecule has 238 valence electrons. The average molecular weight is 579 g/mol. The number of esters is 1. The predicted molar refractivity (Wildman–Crippen MR) is 165 cm³/mol. The van der Waals surface area contributed by atoms with Crippen molar-refractivity contribution >= 4 is 5.97 Å². The molecule has 7 atom stereocenters. The van der Waals surface area contributed by atoms with Crippen LogP contribution in [-0.4, -0.2) is 58.9 Å². The van der Waals surface area contributed by atoms with Crippen LogP contribution in [0.25, 0.3) is 0 Å². The second kappa shape index (κ2) is 20.1. The van der Waals surface area contributed by atoms with E-state index in [-0.39, 0.29) is 36.5 Å². The zero-order valence-corrected chi connectivity index (χ0v) is 26.4. The van der Waals surface area contributed by atoms with E-state index in [1.807, 2.05) is 13.0 Å². The van der Waals surface area contributed by atoms with E-state index >= 15 is 0 Å². The Hall–Kier alpha value is -0.950. The molecule has 3 aliphatic heterocycles. The third-order valence-electron chi connectivity index (χ3n) is 9.43. The molecule has 2 fully saturated rings. The van der Waals surface area contributed by atoms with Crippen LogP contribution in [0, 0.1) is 0 Å². The van der Waals surface area contributed by atoms with Crippen LogP contribution in [0.1, 0.15) is 162 Å². The second-order valence-electron chi connectivity index (χ2n) is 13.2. The van der Waals surface area contributed by atoms with Gasteiger partial charge in [0.15, 0.2) is 0 Å². The van der Waals surface area contributed by atoms with Gasteiger partial charge in [-0.1, -0.05) is 103 Å². The third-order valence-corrected chi connectivity index (χ3v) is 9.43. The van der Waals surface area contributed by atoms with Crippen molar-refractivity contribution in [3.63, 3.8) is 0 Å². The van der Waals surface area contributed by atoms with Crippen LogP contribution < -0.4 is 0 Å². The molecule has 0 spiro atoms. The summed E-state index contributed by atoms with van der Waals surface area (Å²) in [5, 5.41) is 20.9. The maximum Gasteiger partial charge on any atom is 0.334 e. The summed E-state index contributed by atoms with van der Waals surface area (Å²) in [4.78, 5) is 11.7. The fraction of sp³-hybridized carbons (Fsp3) is 0.914. The molecule has 0 amide bonds. The van der Waals surface area contributed by atoms with Crippen LogP contribution in [0.4, 0.5) is 0 Å². The van der Waals surface area contributed by atoms with Gasteiger partial charge in [-0.05, 0) is 57.9 Å². The Morgan fingerprint density at radius 3 is 2.00 bits per heavy atom. The fourth-order valence-corrected chi connectivity index (χ4v) is 6.91. The van der Waals surface area contributed by atoms with Gasteiger partial charge in [0.2, 0.25) is 0 Å². The highest BCUT2D eigenvalue weighted by Gasteiger charge is 2.39. The summed E-state index contributed by atoms with van der Waals surface area (Å²) >= 11 is 0. The van der Waals surface area contributed by atoms with Gasteiger partial charge in [0, 0.05) is 12.0 Å².